The van der Waals surface area contributed by atoms with E-state index < -0.39 is 17.8 Å². The molecule has 0 heterocycles. The zero-order valence-corrected chi connectivity index (χ0v) is 12.4. The van der Waals surface area contributed by atoms with Gasteiger partial charge in [0.2, 0.25) is 5.91 Å². The Morgan fingerprint density at radius 2 is 1.91 bits per heavy atom. The first-order chi connectivity index (χ1) is 10.5. The fourth-order valence-electron chi connectivity index (χ4n) is 1.73. The van der Waals surface area contributed by atoms with E-state index >= 15 is 0 Å². The molecule has 0 spiro atoms. The van der Waals surface area contributed by atoms with E-state index in [-0.39, 0.29) is 19.7 Å². The van der Waals surface area contributed by atoms with E-state index in [1.165, 1.54) is 4.90 Å². The molecule has 7 nitrogen and oxygen atoms in total. The van der Waals surface area contributed by atoms with E-state index in [1.54, 1.807) is 24.3 Å². The first-order valence-corrected chi connectivity index (χ1v) is 6.97. The summed E-state index contributed by atoms with van der Waals surface area (Å²) in [6.07, 6.45) is 0.643. The van der Waals surface area contributed by atoms with Crippen LogP contribution in [0.1, 0.15) is 13.3 Å². The normalized spacial score (nSPS) is 9.86. The van der Waals surface area contributed by atoms with Crippen molar-refractivity contribution in [1.82, 2.24) is 10.2 Å². The van der Waals surface area contributed by atoms with Gasteiger partial charge in [-0.15, -0.1) is 0 Å². The topological polar surface area (TPSA) is 95.9 Å². The number of carboxylic acids is 1. The van der Waals surface area contributed by atoms with Crippen LogP contribution in [0.5, 0.6) is 5.75 Å². The van der Waals surface area contributed by atoms with Gasteiger partial charge < -0.3 is 20.1 Å². The second-order valence-corrected chi connectivity index (χ2v) is 4.59. The molecule has 1 aromatic rings. The highest BCUT2D eigenvalue weighted by Gasteiger charge is 2.16. The van der Waals surface area contributed by atoms with Gasteiger partial charge in [-0.1, -0.05) is 25.1 Å². The van der Waals surface area contributed by atoms with Crippen LogP contribution in [0.4, 0.5) is 0 Å². The van der Waals surface area contributed by atoms with Crippen LogP contribution in [0.3, 0.4) is 0 Å². The van der Waals surface area contributed by atoms with Crippen LogP contribution in [0.25, 0.3) is 0 Å². The van der Waals surface area contributed by atoms with Gasteiger partial charge in [-0.05, 0) is 18.6 Å². The predicted molar refractivity (Wildman–Crippen MR) is 79.5 cm³/mol. The molecule has 22 heavy (non-hydrogen) atoms. The van der Waals surface area contributed by atoms with Crippen molar-refractivity contribution < 1.29 is 24.2 Å². The lowest BCUT2D eigenvalue weighted by molar-refractivity contribution is -0.144. The fraction of sp³-hybridized carbons (Fsp3) is 0.400. The number of hydrogen-bond donors (Lipinski definition) is 2. The number of benzene rings is 1. The number of nitrogens with one attached hydrogen (secondary N) is 1. The van der Waals surface area contributed by atoms with Crippen molar-refractivity contribution in [3.05, 3.63) is 30.3 Å². The molecule has 1 aromatic carbocycles. The van der Waals surface area contributed by atoms with E-state index in [2.05, 4.69) is 5.32 Å². The van der Waals surface area contributed by atoms with Crippen molar-refractivity contribution in [3.8, 4) is 5.75 Å². The van der Waals surface area contributed by atoms with Crippen molar-refractivity contribution >= 4 is 17.8 Å². The molecule has 120 valence electrons. The molecule has 0 aliphatic carbocycles. The highest BCUT2D eigenvalue weighted by Crippen LogP contribution is 2.07. The van der Waals surface area contributed by atoms with Crippen LogP contribution in [0.2, 0.25) is 0 Å². The van der Waals surface area contributed by atoms with Crippen LogP contribution in [-0.4, -0.2) is 54.0 Å². The van der Waals surface area contributed by atoms with Crippen molar-refractivity contribution in [1.29, 1.82) is 0 Å². The Hall–Kier alpha value is -2.57. The number of nitrogens with zero attached hydrogens (tertiary/aromatic N) is 1. The van der Waals surface area contributed by atoms with Gasteiger partial charge in [0.25, 0.3) is 5.91 Å². The largest absolute Gasteiger partial charge is 0.484 e. The van der Waals surface area contributed by atoms with Gasteiger partial charge in [0.05, 0.1) is 6.54 Å². The number of carbonyl (C=O) groups excluding carboxylic acids is 2. The number of ether oxygens (including phenoxy) is 1. The van der Waals surface area contributed by atoms with Crippen LogP contribution in [-0.2, 0) is 14.4 Å². The summed E-state index contributed by atoms with van der Waals surface area (Å²) in [5.41, 5.74) is 0. The quantitative estimate of drug-likeness (QED) is 0.693. The number of hydrogen-bond acceptors (Lipinski definition) is 4. The molecule has 0 fully saturated rings. The highest BCUT2D eigenvalue weighted by atomic mass is 16.5. The van der Waals surface area contributed by atoms with Gasteiger partial charge in [0.1, 0.15) is 12.3 Å². The number of para-hydroxylation sites is 1. The Bertz CT molecular complexity index is 504. The van der Waals surface area contributed by atoms with Crippen molar-refractivity contribution in [2.75, 3.05) is 26.2 Å². The molecule has 0 aliphatic heterocycles. The second-order valence-electron chi connectivity index (χ2n) is 4.59. The smallest absolute Gasteiger partial charge is 0.323 e. The molecule has 2 amide bonds. The number of aliphatic carboxylic acids is 1. The standard InChI is InChI=1S/C15H20N2O5/c1-2-8-17(10-15(20)21)14(19)9-16-13(18)11-22-12-6-4-3-5-7-12/h3-7H,2,8-11H2,1H3,(H,16,18)(H,20,21). The summed E-state index contributed by atoms with van der Waals surface area (Å²) < 4.78 is 5.24. The lowest BCUT2D eigenvalue weighted by Crippen LogP contribution is -2.43. The average molecular weight is 308 g/mol. The lowest BCUT2D eigenvalue weighted by atomic mass is 10.3. The molecule has 0 unspecified atom stereocenters. The maximum atomic E-state index is 11.9. The Kier molecular flexibility index (Phi) is 7.45. The number of carboxylic acid groups (broad SMARTS) is 1. The van der Waals surface area contributed by atoms with Crippen LogP contribution in [0.15, 0.2) is 30.3 Å². The van der Waals surface area contributed by atoms with Gasteiger partial charge in [-0.3, -0.25) is 14.4 Å². The fourth-order valence-corrected chi connectivity index (χ4v) is 1.73. The molecule has 0 atom stereocenters. The zero-order valence-electron chi connectivity index (χ0n) is 12.4. The summed E-state index contributed by atoms with van der Waals surface area (Å²) in [6.45, 7) is 1.35. The Labute approximate surface area is 128 Å². The lowest BCUT2D eigenvalue weighted by Gasteiger charge is -2.20. The first kappa shape index (κ1) is 17.5. The Balaban J connectivity index is 2.35. The molecule has 7 heteroatoms. The molecule has 2 N–H and O–H groups in total. The Morgan fingerprint density at radius 1 is 1.23 bits per heavy atom. The van der Waals surface area contributed by atoms with Crippen molar-refractivity contribution in [2.24, 2.45) is 0 Å². The highest BCUT2D eigenvalue weighted by molar-refractivity contribution is 5.87. The van der Waals surface area contributed by atoms with E-state index in [4.69, 9.17) is 9.84 Å². The van der Waals surface area contributed by atoms with Gasteiger partial charge in [0, 0.05) is 6.54 Å². The maximum Gasteiger partial charge on any atom is 0.323 e. The van der Waals surface area contributed by atoms with Crippen LogP contribution >= 0.6 is 0 Å². The summed E-state index contributed by atoms with van der Waals surface area (Å²) in [7, 11) is 0. The SMILES string of the molecule is CCCN(CC(=O)O)C(=O)CNC(=O)COc1ccccc1. The van der Waals surface area contributed by atoms with E-state index in [0.29, 0.717) is 18.7 Å². The van der Waals surface area contributed by atoms with Crippen molar-refractivity contribution in [3.63, 3.8) is 0 Å². The molecule has 0 saturated carbocycles. The van der Waals surface area contributed by atoms with Crippen LogP contribution in [0, 0.1) is 0 Å². The van der Waals surface area contributed by atoms with E-state index in [9.17, 15) is 14.4 Å². The number of carbonyl (C=O) groups is 3. The predicted octanol–water partition coefficient (Wildman–Crippen LogP) is 0.505. The molecule has 0 radical (unpaired) electrons. The minimum Gasteiger partial charge on any atom is -0.484 e. The number of amides is 2. The minimum absolute atomic E-state index is 0.204. The summed E-state index contributed by atoms with van der Waals surface area (Å²) >= 11 is 0. The first-order valence-electron chi connectivity index (χ1n) is 6.97. The van der Waals surface area contributed by atoms with Gasteiger partial charge in [-0.25, -0.2) is 0 Å². The van der Waals surface area contributed by atoms with Gasteiger partial charge >= 0.3 is 5.97 Å². The summed E-state index contributed by atoms with van der Waals surface area (Å²) in [6, 6.07) is 8.83. The Morgan fingerprint density at radius 3 is 2.50 bits per heavy atom. The monoisotopic (exact) mass is 308 g/mol. The van der Waals surface area contributed by atoms with Gasteiger partial charge in [-0.2, -0.15) is 0 Å². The number of rotatable bonds is 9. The third-order valence-electron chi connectivity index (χ3n) is 2.72. The molecule has 0 saturated heterocycles. The van der Waals surface area contributed by atoms with Gasteiger partial charge in [0.15, 0.2) is 6.61 Å². The maximum absolute atomic E-state index is 11.9. The average Bonchev–Trinajstić information content (AvgIpc) is 2.50. The molecule has 0 bridgehead atoms. The molecular weight excluding hydrogens is 288 g/mol. The molecule has 0 aliphatic rings. The molecule has 1 rings (SSSR count). The minimum atomic E-state index is -1.08. The summed E-state index contributed by atoms with van der Waals surface area (Å²) in [4.78, 5) is 35.3. The van der Waals surface area contributed by atoms with E-state index in [0.717, 1.165) is 0 Å². The summed E-state index contributed by atoms with van der Waals surface area (Å²) in [5, 5.41) is 11.2. The third kappa shape index (κ3) is 6.74. The summed E-state index contributed by atoms with van der Waals surface area (Å²) in [5.74, 6) is -1.40. The van der Waals surface area contributed by atoms with Crippen molar-refractivity contribution in [2.45, 2.75) is 13.3 Å². The molecular formula is C15H20N2O5. The third-order valence-corrected chi connectivity index (χ3v) is 2.72. The second kappa shape index (κ2) is 9.38. The zero-order chi connectivity index (χ0) is 16.4. The van der Waals surface area contributed by atoms with Crippen LogP contribution < -0.4 is 10.1 Å². The molecule has 0 aromatic heterocycles. The van der Waals surface area contributed by atoms with E-state index in [1.807, 2.05) is 13.0 Å².